The molecule has 6 nitrogen and oxygen atoms in total. The lowest BCUT2D eigenvalue weighted by Crippen LogP contribution is -2.35. The first-order valence-electron chi connectivity index (χ1n) is 10.8. The topological polar surface area (TPSA) is 61.9 Å². The summed E-state index contributed by atoms with van der Waals surface area (Å²) < 4.78 is 5.24. The van der Waals surface area contributed by atoms with Crippen LogP contribution in [-0.2, 0) is 0 Å². The Hall–Kier alpha value is -3.80. The summed E-state index contributed by atoms with van der Waals surface area (Å²) in [6.45, 7) is 3.07. The number of amides is 2. The number of hydrogen-bond acceptors (Lipinski definition) is 4. The van der Waals surface area contributed by atoms with E-state index in [1.165, 1.54) is 0 Å². The first-order chi connectivity index (χ1) is 15.6. The molecule has 2 amide bonds. The van der Waals surface area contributed by atoms with Crippen LogP contribution < -0.4 is 15.0 Å². The van der Waals surface area contributed by atoms with Crippen molar-refractivity contribution >= 4 is 23.2 Å². The Morgan fingerprint density at radius 3 is 2.19 bits per heavy atom. The van der Waals surface area contributed by atoms with E-state index in [1.54, 1.807) is 43.5 Å². The molecule has 3 aromatic carbocycles. The second-order valence-corrected chi connectivity index (χ2v) is 7.73. The van der Waals surface area contributed by atoms with Gasteiger partial charge in [0, 0.05) is 48.7 Å². The monoisotopic (exact) mass is 429 g/mol. The molecule has 164 valence electrons. The van der Waals surface area contributed by atoms with E-state index < -0.39 is 0 Å². The Morgan fingerprint density at radius 2 is 1.50 bits per heavy atom. The van der Waals surface area contributed by atoms with Gasteiger partial charge in [0.15, 0.2) is 0 Å². The highest BCUT2D eigenvalue weighted by Gasteiger charge is 2.20. The average molecular weight is 430 g/mol. The first-order valence-corrected chi connectivity index (χ1v) is 10.8. The van der Waals surface area contributed by atoms with Crippen LogP contribution >= 0.6 is 0 Å². The van der Waals surface area contributed by atoms with E-state index >= 15 is 0 Å². The summed E-state index contributed by atoms with van der Waals surface area (Å²) >= 11 is 0. The smallest absolute Gasteiger partial charge is 0.255 e. The number of nitrogens with zero attached hydrogens (tertiary/aromatic N) is 2. The van der Waals surface area contributed by atoms with Crippen LogP contribution in [0.25, 0.3) is 0 Å². The molecule has 1 aliphatic heterocycles. The summed E-state index contributed by atoms with van der Waals surface area (Å²) in [6, 6.07) is 24.2. The van der Waals surface area contributed by atoms with Gasteiger partial charge in [-0.25, -0.2) is 0 Å². The molecule has 0 spiro atoms. The third kappa shape index (κ3) is 5.09. The molecule has 0 aromatic heterocycles. The molecule has 1 aliphatic rings. The molecule has 32 heavy (non-hydrogen) atoms. The Bertz CT molecular complexity index is 1050. The van der Waals surface area contributed by atoms with Crippen LogP contribution in [0.4, 0.5) is 11.4 Å². The van der Waals surface area contributed by atoms with Gasteiger partial charge in [-0.15, -0.1) is 0 Å². The molecule has 3 aromatic rings. The van der Waals surface area contributed by atoms with Gasteiger partial charge in [0.05, 0.1) is 7.11 Å². The zero-order chi connectivity index (χ0) is 22.3. The summed E-state index contributed by atoms with van der Waals surface area (Å²) in [5.74, 6) is 0.683. The Labute approximate surface area is 188 Å². The fourth-order valence-electron chi connectivity index (χ4n) is 3.84. The van der Waals surface area contributed by atoms with Gasteiger partial charge in [0.2, 0.25) is 0 Å². The maximum atomic E-state index is 13.0. The molecule has 4 rings (SSSR count). The minimum absolute atomic E-state index is 0.0162. The van der Waals surface area contributed by atoms with Crippen molar-refractivity contribution in [3.63, 3.8) is 0 Å². The van der Waals surface area contributed by atoms with Crippen LogP contribution in [0, 0.1) is 0 Å². The fraction of sp³-hybridized carbons (Fsp3) is 0.231. The molecule has 0 radical (unpaired) electrons. The van der Waals surface area contributed by atoms with Crippen molar-refractivity contribution in [1.82, 2.24) is 4.90 Å². The van der Waals surface area contributed by atoms with Crippen molar-refractivity contribution in [2.75, 3.05) is 43.5 Å². The molecular weight excluding hydrogens is 402 g/mol. The van der Waals surface area contributed by atoms with Crippen molar-refractivity contribution in [2.24, 2.45) is 0 Å². The molecule has 1 N–H and O–H groups in total. The maximum absolute atomic E-state index is 13.0. The van der Waals surface area contributed by atoms with Crippen LogP contribution in [0.2, 0.25) is 0 Å². The van der Waals surface area contributed by atoms with Gasteiger partial charge >= 0.3 is 0 Å². The standard InChI is InChI=1S/C26H27N3O3/c1-32-24-14-12-23(13-15-24)28-16-5-17-29(19-18-28)26(31)21-8-10-22(11-9-21)27-25(30)20-6-3-2-4-7-20/h2-4,6-15H,5,16-19H2,1H3,(H,27,30). The average Bonchev–Trinajstić information content (AvgIpc) is 3.11. The van der Waals surface area contributed by atoms with E-state index in [4.69, 9.17) is 4.74 Å². The number of ether oxygens (including phenoxy) is 1. The van der Waals surface area contributed by atoms with Crippen molar-refractivity contribution in [3.8, 4) is 5.75 Å². The second kappa shape index (κ2) is 10.0. The normalized spacial score (nSPS) is 13.9. The number of nitrogens with one attached hydrogen (secondary N) is 1. The molecule has 6 heteroatoms. The Kier molecular flexibility index (Phi) is 6.70. The molecular formula is C26H27N3O3. The van der Waals surface area contributed by atoms with Crippen molar-refractivity contribution < 1.29 is 14.3 Å². The van der Waals surface area contributed by atoms with Gasteiger partial charge < -0.3 is 19.9 Å². The van der Waals surface area contributed by atoms with Crippen LogP contribution in [0.15, 0.2) is 78.9 Å². The molecule has 1 heterocycles. The number of benzene rings is 3. The minimum Gasteiger partial charge on any atom is -0.497 e. The highest BCUT2D eigenvalue weighted by molar-refractivity contribution is 6.04. The quantitative estimate of drug-likeness (QED) is 0.657. The summed E-state index contributed by atoms with van der Waals surface area (Å²) in [7, 11) is 1.66. The summed E-state index contributed by atoms with van der Waals surface area (Å²) in [5, 5.41) is 2.87. The third-order valence-electron chi connectivity index (χ3n) is 5.65. The van der Waals surface area contributed by atoms with E-state index in [9.17, 15) is 9.59 Å². The van der Waals surface area contributed by atoms with Crippen molar-refractivity contribution in [3.05, 3.63) is 90.0 Å². The van der Waals surface area contributed by atoms with Crippen molar-refractivity contribution in [2.45, 2.75) is 6.42 Å². The Morgan fingerprint density at radius 1 is 0.781 bits per heavy atom. The van der Waals surface area contributed by atoms with E-state index in [-0.39, 0.29) is 11.8 Å². The summed E-state index contributed by atoms with van der Waals surface area (Å²) in [6.07, 6.45) is 0.906. The number of anilines is 2. The minimum atomic E-state index is -0.171. The third-order valence-corrected chi connectivity index (χ3v) is 5.65. The van der Waals surface area contributed by atoms with Gasteiger partial charge in [-0.05, 0) is 67.1 Å². The predicted octanol–water partition coefficient (Wildman–Crippen LogP) is 4.30. The maximum Gasteiger partial charge on any atom is 0.255 e. The van der Waals surface area contributed by atoms with Gasteiger partial charge in [-0.2, -0.15) is 0 Å². The number of carbonyl (C=O) groups excluding carboxylic acids is 2. The summed E-state index contributed by atoms with van der Waals surface area (Å²) in [4.78, 5) is 29.5. The lowest BCUT2D eigenvalue weighted by molar-refractivity contribution is 0.0767. The SMILES string of the molecule is COc1ccc(N2CCCN(C(=O)c3ccc(NC(=O)c4ccccc4)cc3)CC2)cc1. The molecule has 0 atom stereocenters. The largest absolute Gasteiger partial charge is 0.497 e. The number of methoxy groups -OCH3 is 1. The van der Waals surface area contributed by atoms with Gasteiger partial charge in [0.25, 0.3) is 11.8 Å². The van der Waals surface area contributed by atoms with E-state index in [2.05, 4.69) is 22.3 Å². The highest BCUT2D eigenvalue weighted by atomic mass is 16.5. The van der Waals surface area contributed by atoms with E-state index in [1.807, 2.05) is 35.2 Å². The van der Waals surface area contributed by atoms with Crippen LogP contribution in [0.5, 0.6) is 5.75 Å². The van der Waals surface area contributed by atoms with Crippen LogP contribution in [0.3, 0.4) is 0 Å². The molecule has 1 fully saturated rings. The Balaban J connectivity index is 1.36. The van der Waals surface area contributed by atoms with Gasteiger partial charge in [0.1, 0.15) is 5.75 Å². The molecule has 1 saturated heterocycles. The van der Waals surface area contributed by atoms with Gasteiger partial charge in [-0.1, -0.05) is 18.2 Å². The van der Waals surface area contributed by atoms with Crippen LogP contribution in [0.1, 0.15) is 27.1 Å². The zero-order valence-electron chi connectivity index (χ0n) is 18.2. The van der Waals surface area contributed by atoms with Crippen molar-refractivity contribution in [1.29, 1.82) is 0 Å². The molecule has 0 unspecified atom stereocenters. The number of hydrogen-bond donors (Lipinski definition) is 1. The lowest BCUT2D eigenvalue weighted by Gasteiger charge is -2.24. The van der Waals surface area contributed by atoms with E-state index in [0.717, 1.165) is 37.5 Å². The van der Waals surface area contributed by atoms with Crippen LogP contribution in [-0.4, -0.2) is 50.0 Å². The zero-order valence-corrected chi connectivity index (χ0v) is 18.2. The molecule has 0 aliphatic carbocycles. The number of rotatable bonds is 5. The highest BCUT2D eigenvalue weighted by Crippen LogP contribution is 2.21. The number of carbonyl (C=O) groups is 2. The fourth-order valence-corrected chi connectivity index (χ4v) is 3.84. The molecule has 0 bridgehead atoms. The lowest BCUT2D eigenvalue weighted by atomic mass is 10.1. The van der Waals surface area contributed by atoms with E-state index in [0.29, 0.717) is 23.4 Å². The van der Waals surface area contributed by atoms with Gasteiger partial charge in [-0.3, -0.25) is 9.59 Å². The first kappa shape index (κ1) is 21.4. The predicted molar refractivity (Wildman–Crippen MR) is 127 cm³/mol. The molecule has 0 saturated carbocycles. The summed E-state index contributed by atoms with van der Waals surface area (Å²) in [5.41, 5.74) is 3.02. The second-order valence-electron chi connectivity index (χ2n) is 7.73.